The van der Waals surface area contributed by atoms with Crippen LogP contribution < -0.4 is 10.6 Å². The second kappa shape index (κ2) is 11.5. The monoisotopic (exact) mass is 448 g/mol. The van der Waals surface area contributed by atoms with Gasteiger partial charge in [0, 0.05) is 43.3 Å². The molecule has 0 saturated carbocycles. The summed E-state index contributed by atoms with van der Waals surface area (Å²) in [6.07, 6.45) is 0.452. The zero-order valence-corrected chi connectivity index (χ0v) is 19.5. The summed E-state index contributed by atoms with van der Waals surface area (Å²) in [7, 11) is 2.26. The summed E-state index contributed by atoms with van der Waals surface area (Å²) in [6, 6.07) is 10.4. The third-order valence-corrected chi connectivity index (χ3v) is 6.41. The highest BCUT2D eigenvalue weighted by Crippen LogP contribution is 2.24. The Balaban J connectivity index is 1.66. The van der Waals surface area contributed by atoms with Crippen molar-refractivity contribution >= 4 is 17.6 Å². The maximum atomic E-state index is 12.1. The molecule has 1 aromatic rings. The second-order valence-electron chi connectivity index (χ2n) is 9.88. The third-order valence-electron chi connectivity index (χ3n) is 6.41. The van der Waals surface area contributed by atoms with Crippen LogP contribution in [-0.4, -0.2) is 78.2 Å². The number of Topliss-reactive ketones (excluding diaryl/α,β-unsaturated/α-hetero) is 1. The molecule has 1 fully saturated rings. The number of nitrogens with zero attached hydrogens (tertiary/aromatic N) is 1. The molecule has 1 atom stereocenters. The van der Waals surface area contributed by atoms with Gasteiger partial charge in [-0.05, 0) is 5.92 Å². The first-order valence-electron chi connectivity index (χ1n) is 11.3. The fourth-order valence-electron chi connectivity index (χ4n) is 3.92. The lowest BCUT2D eigenvalue weighted by atomic mass is 9.87. The fourth-order valence-corrected chi connectivity index (χ4v) is 3.92. The number of amides is 2. The minimum Gasteiger partial charge on any atom is -0.396 e. The van der Waals surface area contributed by atoms with E-state index in [1.165, 1.54) is 5.56 Å². The number of aliphatic hydroxyl groups is 2. The Morgan fingerprint density at radius 2 is 1.75 bits per heavy atom. The van der Waals surface area contributed by atoms with Crippen molar-refractivity contribution in [1.82, 2.24) is 10.6 Å². The molecule has 1 aliphatic heterocycles. The topological polar surface area (TPSA) is 116 Å². The van der Waals surface area contributed by atoms with Crippen LogP contribution in [0.2, 0.25) is 0 Å². The molecule has 2 rings (SSSR count). The summed E-state index contributed by atoms with van der Waals surface area (Å²) in [5.41, 5.74) is 0.341. The molecule has 1 unspecified atom stereocenters. The highest BCUT2D eigenvalue weighted by molar-refractivity contribution is 6.36. The van der Waals surface area contributed by atoms with Gasteiger partial charge in [-0.3, -0.25) is 14.4 Å². The summed E-state index contributed by atoms with van der Waals surface area (Å²) >= 11 is 0. The molecule has 1 saturated heterocycles. The van der Waals surface area contributed by atoms with Crippen LogP contribution in [0.4, 0.5) is 0 Å². The SMILES string of the molecule is CC(C)(CO)C(O)C(=O)NCCC(=O)C(=O)NCC1CC[N+](C)(Cc2ccccc2)CC1. The third kappa shape index (κ3) is 7.69. The van der Waals surface area contributed by atoms with Crippen LogP contribution in [0.25, 0.3) is 0 Å². The van der Waals surface area contributed by atoms with E-state index in [1.54, 1.807) is 13.8 Å². The highest BCUT2D eigenvalue weighted by atomic mass is 16.3. The lowest BCUT2D eigenvalue weighted by molar-refractivity contribution is -0.928. The van der Waals surface area contributed by atoms with E-state index >= 15 is 0 Å². The van der Waals surface area contributed by atoms with Crippen molar-refractivity contribution < 1.29 is 29.1 Å². The molecule has 178 valence electrons. The molecule has 32 heavy (non-hydrogen) atoms. The lowest BCUT2D eigenvalue weighted by Gasteiger charge is -2.40. The van der Waals surface area contributed by atoms with Crippen molar-refractivity contribution in [2.45, 2.75) is 45.8 Å². The van der Waals surface area contributed by atoms with E-state index in [0.29, 0.717) is 12.5 Å². The number of likely N-dealkylation sites (tertiary alicyclic amines) is 1. The molecule has 0 aromatic heterocycles. The summed E-state index contributed by atoms with van der Waals surface area (Å²) in [4.78, 5) is 36.1. The van der Waals surface area contributed by atoms with E-state index in [-0.39, 0.29) is 19.6 Å². The zero-order valence-electron chi connectivity index (χ0n) is 19.5. The van der Waals surface area contributed by atoms with Gasteiger partial charge < -0.3 is 25.3 Å². The fraction of sp³-hybridized carbons (Fsp3) is 0.625. The summed E-state index contributed by atoms with van der Waals surface area (Å²) in [6.45, 7) is 6.26. The Morgan fingerprint density at radius 1 is 1.12 bits per heavy atom. The maximum absolute atomic E-state index is 12.1. The van der Waals surface area contributed by atoms with Crippen molar-refractivity contribution in [3.05, 3.63) is 35.9 Å². The van der Waals surface area contributed by atoms with E-state index in [0.717, 1.165) is 37.0 Å². The Hall–Kier alpha value is -2.29. The summed E-state index contributed by atoms with van der Waals surface area (Å²) in [5, 5.41) is 24.3. The molecule has 0 radical (unpaired) electrons. The number of rotatable bonds is 11. The van der Waals surface area contributed by atoms with Gasteiger partial charge >= 0.3 is 0 Å². The minimum absolute atomic E-state index is 0.0393. The van der Waals surface area contributed by atoms with E-state index in [1.807, 2.05) is 6.07 Å². The van der Waals surface area contributed by atoms with Crippen LogP contribution in [0, 0.1) is 11.3 Å². The van der Waals surface area contributed by atoms with Crippen molar-refractivity contribution in [3.8, 4) is 0 Å². The van der Waals surface area contributed by atoms with Crippen molar-refractivity contribution in [2.24, 2.45) is 11.3 Å². The molecule has 8 nitrogen and oxygen atoms in total. The van der Waals surface area contributed by atoms with Gasteiger partial charge in [0.15, 0.2) is 0 Å². The predicted octanol–water partition coefficient (Wildman–Crippen LogP) is 0.614. The van der Waals surface area contributed by atoms with Crippen molar-refractivity contribution in [3.63, 3.8) is 0 Å². The molecule has 0 spiro atoms. The number of quaternary nitrogens is 1. The normalized spacial score (nSPS) is 22.1. The number of benzene rings is 1. The first-order valence-corrected chi connectivity index (χ1v) is 11.3. The average molecular weight is 449 g/mol. The van der Waals surface area contributed by atoms with Gasteiger partial charge in [-0.2, -0.15) is 0 Å². The molecule has 1 aromatic carbocycles. The number of ketones is 1. The van der Waals surface area contributed by atoms with E-state index in [2.05, 4.69) is 41.9 Å². The number of hydrogen-bond acceptors (Lipinski definition) is 5. The largest absolute Gasteiger partial charge is 0.396 e. The average Bonchev–Trinajstić information content (AvgIpc) is 2.78. The smallest absolute Gasteiger partial charge is 0.287 e. The van der Waals surface area contributed by atoms with Gasteiger partial charge in [0.25, 0.3) is 5.91 Å². The van der Waals surface area contributed by atoms with Gasteiger partial charge in [0.1, 0.15) is 12.6 Å². The quantitative estimate of drug-likeness (QED) is 0.293. The van der Waals surface area contributed by atoms with Crippen LogP contribution in [0.3, 0.4) is 0 Å². The van der Waals surface area contributed by atoms with Gasteiger partial charge in [-0.15, -0.1) is 0 Å². The highest BCUT2D eigenvalue weighted by Gasteiger charge is 2.33. The molecular formula is C24H38N3O5+. The van der Waals surface area contributed by atoms with E-state index < -0.39 is 29.1 Å². The molecule has 4 N–H and O–H groups in total. The Morgan fingerprint density at radius 3 is 2.34 bits per heavy atom. The Kier molecular flexibility index (Phi) is 9.36. The van der Waals surface area contributed by atoms with Crippen LogP contribution >= 0.6 is 0 Å². The molecule has 8 heteroatoms. The van der Waals surface area contributed by atoms with Crippen molar-refractivity contribution in [1.29, 1.82) is 0 Å². The summed E-state index contributed by atoms with van der Waals surface area (Å²) in [5.74, 6) is -1.55. The number of carbonyl (C=O) groups excluding carboxylic acids is 3. The molecule has 1 aliphatic rings. The standard InChI is InChI=1S/C24H37N3O5/c1-24(2,17-28)21(30)23(32)25-12-9-20(29)22(31)26-15-18-10-13-27(3,14-11-18)16-19-7-5-4-6-8-19/h4-8,18,21,28,30H,9-17H2,1-3H3,(H-,25,26,31,32)/p+1. The van der Waals surface area contributed by atoms with Crippen LogP contribution in [-0.2, 0) is 20.9 Å². The van der Waals surface area contributed by atoms with Crippen LogP contribution in [0.5, 0.6) is 0 Å². The lowest BCUT2D eigenvalue weighted by Crippen LogP contribution is -2.50. The minimum atomic E-state index is -1.39. The van der Waals surface area contributed by atoms with Crippen molar-refractivity contribution in [2.75, 3.05) is 39.8 Å². The number of carbonyl (C=O) groups is 3. The number of piperidine rings is 1. The molecule has 0 bridgehead atoms. The number of nitrogens with one attached hydrogen (secondary N) is 2. The maximum Gasteiger partial charge on any atom is 0.287 e. The number of aliphatic hydroxyl groups excluding tert-OH is 2. The predicted molar refractivity (Wildman–Crippen MR) is 121 cm³/mol. The Bertz CT molecular complexity index is 773. The van der Waals surface area contributed by atoms with E-state index in [4.69, 9.17) is 0 Å². The molecule has 1 heterocycles. The van der Waals surface area contributed by atoms with Crippen LogP contribution in [0.15, 0.2) is 30.3 Å². The van der Waals surface area contributed by atoms with Gasteiger partial charge in [-0.25, -0.2) is 0 Å². The summed E-state index contributed by atoms with van der Waals surface area (Å²) < 4.78 is 0.978. The van der Waals surface area contributed by atoms with Gasteiger partial charge in [0.05, 0.1) is 26.7 Å². The number of hydrogen-bond donors (Lipinski definition) is 4. The second-order valence-corrected chi connectivity index (χ2v) is 9.88. The molecule has 2 amide bonds. The Labute approximate surface area is 190 Å². The van der Waals surface area contributed by atoms with E-state index in [9.17, 15) is 24.6 Å². The van der Waals surface area contributed by atoms with Crippen LogP contribution in [0.1, 0.15) is 38.7 Å². The molecular weight excluding hydrogens is 410 g/mol. The van der Waals surface area contributed by atoms with Gasteiger partial charge in [0.2, 0.25) is 11.7 Å². The first kappa shape index (κ1) is 26.0. The molecule has 0 aliphatic carbocycles. The van der Waals surface area contributed by atoms with Gasteiger partial charge in [-0.1, -0.05) is 44.2 Å². The first-order chi connectivity index (χ1) is 15.1. The zero-order chi connectivity index (χ0) is 23.8.